The number of anilines is 1. The second-order valence-corrected chi connectivity index (χ2v) is 4.43. The van der Waals surface area contributed by atoms with Crippen LogP contribution in [0.4, 0.5) is 19.0 Å². The normalized spacial score (nSPS) is 20.7. The SMILES string of the molecule is FC(F)(F)c1cccc(NCC2CCCCN2)n1. The number of alkyl halides is 3. The van der Waals surface area contributed by atoms with Gasteiger partial charge in [0, 0.05) is 12.6 Å². The smallest absolute Gasteiger partial charge is 0.368 e. The van der Waals surface area contributed by atoms with Gasteiger partial charge in [-0.05, 0) is 31.5 Å². The Bertz CT molecular complexity index is 386. The predicted octanol–water partition coefficient (Wildman–Crippen LogP) is 2.65. The highest BCUT2D eigenvalue weighted by Crippen LogP contribution is 2.28. The van der Waals surface area contributed by atoms with E-state index in [-0.39, 0.29) is 5.82 Å². The zero-order chi connectivity index (χ0) is 13.0. The molecule has 6 heteroatoms. The molecule has 1 aliphatic heterocycles. The van der Waals surface area contributed by atoms with Gasteiger partial charge in [0.1, 0.15) is 11.5 Å². The maximum absolute atomic E-state index is 12.5. The largest absolute Gasteiger partial charge is 0.433 e. The van der Waals surface area contributed by atoms with Crippen molar-refractivity contribution in [3.63, 3.8) is 0 Å². The van der Waals surface area contributed by atoms with Crippen molar-refractivity contribution in [2.75, 3.05) is 18.4 Å². The summed E-state index contributed by atoms with van der Waals surface area (Å²) >= 11 is 0. The van der Waals surface area contributed by atoms with Crippen LogP contribution in [0.15, 0.2) is 18.2 Å². The molecule has 0 aromatic carbocycles. The van der Waals surface area contributed by atoms with Gasteiger partial charge in [-0.2, -0.15) is 13.2 Å². The number of aromatic nitrogens is 1. The lowest BCUT2D eigenvalue weighted by Gasteiger charge is -2.23. The third-order valence-corrected chi connectivity index (χ3v) is 2.98. The zero-order valence-electron chi connectivity index (χ0n) is 9.93. The summed E-state index contributed by atoms with van der Waals surface area (Å²) in [4.78, 5) is 3.56. The van der Waals surface area contributed by atoms with E-state index in [1.165, 1.54) is 6.07 Å². The third-order valence-electron chi connectivity index (χ3n) is 2.98. The Morgan fingerprint density at radius 1 is 1.33 bits per heavy atom. The van der Waals surface area contributed by atoms with Gasteiger partial charge in [-0.3, -0.25) is 0 Å². The van der Waals surface area contributed by atoms with E-state index in [0.29, 0.717) is 12.6 Å². The van der Waals surface area contributed by atoms with Crippen molar-refractivity contribution in [3.05, 3.63) is 23.9 Å². The molecule has 2 N–H and O–H groups in total. The highest BCUT2D eigenvalue weighted by atomic mass is 19.4. The lowest BCUT2D eigenvalue weighted by molar-refractivity contribution is -0.141. The van der Waals surface area contributed by atoms with Gasteiger partial charge in [-0.1, -0.05) is 12.5 Å². The minimum Gasteiger partial charge on any atom is -0.368 e. The summed E-state index contributed by atoms with van der Waals surface area (Å²) in [6.07, 6.45) is -1.01. The van der Waals surface area contributed by atoms with E-state index in [1.807, 2.05) is 0 Å². The van der Waals surface area contributed by atoms with Crippen LogP contribution >= 0.6 is 0 Å². The first-order chi connectivity index (χ1) is 8.55. The number of pyridine rings is 1. The van der Waals surface area contributed by atoms with Gasteiger partial charge in [0.25, 0.3) is 0 Å². The van der Waals surface area contributed by atoms with E-state index in [9.17, 15) is 13.2 Å². The van der Waals surface area contributed by atoms with E-state index >= 15 is 0 Å². The molecule has 1 aromatic rings. The molecule has 2 heterocycles. The van der Waals surface area contributed by atoms with Crippen LogP contribution in [0.5, 0.6) is 0 Å². The summed E-state index contributed by atoms with van der Waals surface area (Å²) in [6, 6.07) is 4.21. The topological polar surface area (TPSA) is 37.0 Å². The molecule has 0 saturated carbocycles. The molecule has 18 heavy (non-hydrogen) atoms. The Labute approximate surface area is 104 Å². The van der Waals surface area contributed by atoms with Crippen LogP contribution in [0.1, 0.15) is 25.0 Å². The van der Waals surface area contributed by atoms with E-state index in [1.54, 1.807) is 6.07 Å². The molecule has 3 nitrogen and oxygen atoms in total. The summed E-state index contributed by atoms with van der Waals surface area (Å²) < 4.78 is 37.4. The number of hydrogen-bond acceptors (Lipinski definition) is 3. The van der Waals surface area contributed by atoms with Gasteiger partial charge >= 0.3 is 6.18 Å². The molecule has 1 aliphatic rings. The maximum atomic E-state index is 12.5. The van der Waals surface area contributed by atoms with Gasteiger partial charge < -0.3 is 10.6 Å². The molecule has 0 amide bonds. The number of rotatable bonds is 3. The zero-order valence-corrected chi connectivity index (χ0v) is 9.93. The molecule has 100 valence electrons. The van der Waals surface area contributed by atoms with Gasteiger partial charge in [0.15, 0.2) is 0 Å². The molecule has 1 saturated heterocycles. The summed E-state index contributed by atoms with van der Waals surface area (Å²) in [7, 11) is 0. The highest BCUT2D eigenvalue weighted by Gasteiger charge is 2.32. The second kappa shape index (κ2) is 5.56. The van der Waals surface area contributed by atoms with Crippen molar-refractivity contribution in [1.29, 1.82) is 0 Å². The number of halogens is 3. The summed E-state index contributed by atoms with van der Waals surface area (Å²) in [6.45, 7) is 1.58. The number of nitrogens with one attached hydrogen (secondary N) is 2. The Balaban J connectivity index is 1.92. The van der Waals surface area contributed by atoms with Crippen molar-refractivity contribution >= 4 is 5.82 Å². The van der Waals surface area contributed by atoms with Crippen LogP contribution < -0.4 is 10.6 Å². The average molecular weight is 259 g/mol. The quantitative estimate of drug-likeness (QED) is 0.876. The Kier molecular flexibility index (Phi) is 4.06. The summed E-state index contributed by atoms with van der Waals surface area (Å²) in [5.41, 5.74) is -0.857. The van der Waals surface area contributed by atoms with Gasteiger partial charge in [0.2, 0.25) is 0 Å². The molecule has 2 rings (SSSR count). The van der Waals surface area contributed by atoms with Gasteiger partial charge in [-0.25, -0.2) is 4.98 Å². The van der Waals surface area contributed by atoms with E-state index in [2.05, 4.69) is 15.6 Å². The number of piperidine rings is 1. The molecule has 0 radical (unpaired) electrons. The molecular formula is C12H16F3N3. The molecule has 0 bridgehead atoms. The fourth-order valence-electron chi connectivity index (χ4n) is 2.02. The van der Waals surface area contributed by atoms with E-state index < -0.39 is 11.9 Å². The van der Waals surface area contributed by atoms with Crippen LogP contribution in [0.2, 0.25) is 0 Å². The van der Waals surface area contributed by atoms with E-state index in [4.69, 9.17) is 0 Å². The molecule has 0 aliphatic carbocycles. The lowest BCUT2D eigenvalue weighted by atomic mass is 10.1. The van der Waals surface area contributed by atoms with Crippen molar-refractivity contribution in [1.82, 2.24) is 10.3 Å². The number of nitrogens with zero attached hydrogens (tertiary/aromatic N) is 1. The fourth-order valence-corrected chi connectivity index (χ4v) is 2.02. The van der Waals surface area contributed by atoms with Crippen molar-refractivity contribution in [3.8, 4) is 0 Å². The first kappa shape index (κ1) is 13.1. The fraction of sp³-hybridized carbons (Fsp3) is 0.583. The molecule has 1 unspecified atom stereocenters. The van der Waals surface area contributed by atoms with Crippen LogP contribution in [0.3, 0.4) is 0 Å². The summed E-state index contributed by atoms with van der Waals surface area (Å²) in [5, 5.41) is 6.27. The lowest BCUT2D eigenvalue weighted by Crippen LogP contribution is -2.39. The van der Waals surface area contributed by atoms with Crippen molar-refractivity contribution < 1.29 is 13.2 Å². The van der Waals surface area contributed by atoms with Crippen LogP contribution in [0.25, 0.3) is 0 Å². The third kappa shape index (κ3) is 3.60. The predicted molar refractivity (Wildman–Crippen MR) is 63.4 cm³/mol. The first-order valence-electron chi connectivity index (χ1n) is 6.07. The molecule has 0 spiro atoms. The Morgan fingerprint density at radius 2 is 2.17 bits per heavy atom. The standard InChI is InChI=1S/C12H16F3N3/c13-12(14,15)10-5-3-6-11(18-10)17-8-9-4-1-2-7-16-9/h3,5-6,9,16H,1-2,4,7-8H2,(H,17,18). The first-order valence-corrected chi connectivity index (χ1v) is 6.07. The Morgan fingerprint density at radius 3 is 2.83 bits per heavy atom. The van der Waals surface area contributed by atoms with Crippen molar-refractivity contribution in [2.45, 2.75) is 31.5 Å². The molecule has 1 fully saturated rings. The monoisotopic (exact) mass is 259 g/mol. The molecular weight excluding hydrogens is 243 g/mol. The maximum Gasteiger partial charge on any atom is 0.433 e. The molecule has 1 aromatic heterocycles. The van der Waals surface area contributed by atoms with Gasteiger partial charge in [-0.15, -0.1) is 0 Å². The van der Waals surface area contributed by atoms with Crippen LogP contribution in [-0.2, 0) is 6.18 Å². The highest BCUT2D eigenvalue weighted by molar-refractivity contribution is 5.36. The minimum atomic E-state index is -4.39. The van der Waals surface area contributed by atoms with E-state index in [0.717, 1.165) is 31.9 Å². The number of hydrogen-bond donors (Lipinski definition) is 2. The summed E-state index contributed by atoms with van der Waals surface area (Å²) in [5.74, 6) is 0.275. The minimum absolute atomic E-state index is 0.275. The Hall–Kier alpha value is -1.30. The average Bonchev–Trinajstić information content (AvgIpc) is 2.37. The van der Waals surface area contributed by atoms with Gasteiger partial charge in [0.05, 0.1) is 0 Å². The van der Waals surface area contributed by atoms with Crippen LogP contribution in [0, 0.1) is 0 Å². The van der Waals surface area contributed by atoms with Crippen molar-refractivity contribution in [2.24, 2.45) is 0 Å². The molecule has 1 atom stereocenters. The second-order valence-electron chi connectivity index (χ2n) is 4.43. The van der Waals surface area contributed by atoms with Crippen LogP contribution in [-0.4, -0.2) is 24.1 Å².